The Kier molecular flexibility index (Phi) is 4.10. The van der Waals surface area contributed by atoms with Crippen molar-refractivity contribution in [3.8, 4) is 0 Å². The second-order valence-corrected chi connectivity index (χ2v) is 7.82. The largest absolute Gasteiger partial charge is 0.356 e. The summed E-state index contributed by atoms with van der Waals surface area (Å²) >= 11 is 0. The molecule has 0 amide bonds. The molecule has 4 heteroatoms. The number of hydrogen-bond donors (Lipinski definition) is 2. The Morgan fingerprint density at radius 2 is 1.69 bits per heavy atom. The number of piperidine rings is 1. The van der Waals surface area contributed by atoms with Gasteiger partial charge in [0, 0.05) is 25.2 Å². The van der Waals surface area contributed by atoms with Crippen LogP contribution in [0, 0.1) is 0 Å². The van der Waals surface area contributed by atoms with Gasteiger partial charge in [0.1, 0.15) is 0 Å². The van der Waals surface area contributed by atoms with Crippen molar-refractivity contribution < 1.29 is 5.11 Å². The molecule has 1 aliphatic carbocycles. The van der Waals surface area contributed by atoms with E-state index < -0.39 is 6.35 Å². The second-order valence-electron chi connectivity index (χ2n) is 7.82. The molecule has 2 aliphatic heterocycles. The van der Waals surface area contributed by atoms with Gasteiger partial charge in [0.25, 0.3) is 0 Å². The average molecular weight is 349 g/mol. The molecule has 0 aromatic heterocycles. The van der Waals surface area contributed by atoms with Gasteiger partial charge in [-0.15, -0.1) is 0 Å². The summed E-state index contributed by atoms with van der Waals surface area (Å²) in [7, 11) is 0. The number of fused-ring (bicyclic) bond motifs is 2. The summed E-state index contributed by atoms with van der Waals surface area (Å²) in [6.45, 7) is 2.21. The smallest absolute Gasteiger partial charge is 0.205 e. The van der Waals surface area contributed by atoms with Crippen LogP contribution in [-0.2, 0) is 6.42 Å². The number of aryl methyl sites for hydroxylation is 1. The molecule has 0 radical (unpaired) electrons. The van der Waals surface area contributed by atoms with Crippen LogP contribution in [0.15, 0.2) is 48.5 Å². The molecular formula is C22H27N3O. The third-order valence-electron chi connectivity index (χ3n) is 6.40. The second kappa shape index (κ2) is 6.60. The molecule has 136 valence electrons. The van der Waals surface area contributed by atoms with Crippen LogP contribution < -0.4 is 10.2 Å². The van der Waals surface area contributed by atoms with E-state index in [2.05, 4.69) is 51.5 Å². The zero-order valence-electron chi connectivity index (χ0n) is 15.1. The quantitative estimate of drug-likeness (QED) is 0.866. The van der Waals surface area contributed by atoms with Crippen LogP contribution in [0.25, 0.3) is 0 Å². The molecule has 0 bridgehead atoms. The van der Waals surface area contributed by atoms with E-state index in [0.29, 0.717) is 12.1 Å². The van der Waals surface area contributed by atoms with Crippen LogP contribution in [0.2, 0.25) is 0 Å². The number of aliphatic hydroxyl groups is 1. The fraction of sp³-hybridized carbons (Fsp3) is 0.455. The number of aliphatic hydroxyl groups excluding tert-OH is 1. The predicted molar refractivity (Wildman–Crippen MR) is 105 cm³/mol. The van der Waals surface area contributed by atoms with Gasteiger partial charge in [0.2, 0.25) is 6.35 Å². The van der Waals surface area contributed by atoms with Gasteiger partial charge < -0.3 is 15.3 Å². The van der Waals surface area contributed by atoms with Crippen LogP contribution in [-0.4, -0.2) is 35.5 Å². The van der Waals surface area contributed by atoms with Crippen LogP contribution >= 0.6 is 0 Å². The van der Waals surface area contributed by atoms with Crippen molar-refractivity contribution in [2.75, 3.05) is 23.3 Å². The first-order valence-corrected chi connectivity index (χ1v) is 9.95. The maximum atomic E-state index is 10.5. The first kappa shape index (κ1) is 16.2. The average Bonchev–Trinajstić information content (AvgIpc) is 3.03. The van der Waals surface area contributed by atoms with E-state index in [-0.39, 0.29) is 0 Å². The number of nitrogens with one attached hydrogen (secondary N) is 1. The lowest BCUT2D eigenvalue weighted by atomic mass is 9.85. The molecular weight excluding hydrogens is 322 g/mol. The molecule has 2 N–H and O–H groups in total. The van der Waals surface area contributed by atoms with Gasteiger partial charge in [0.05, 0.1) is 11.4 Å². The van der Waals surface area contributed by atoms with Gasteiger partial charge >= 0.3 is 0 Å². The van der Waals surface area contributed by atoms with Crippen molar-refractivity contribution in [1.82, 2.24) is 4.90 Å². The highest BCUT2D eigenvalue weighted by Gasteiger charge is 2.36. The van der Waals surface area contributed by atoms with Crippen molar-refractivity contribution >= 4 is 11.4 Å². The van der Waals surface area contributed by atoms with Crippen molar-refractivity contribution in [3.05, 3.63) is 59.7 Å². The Morgan fingerprint density at radius 1 is 0.923 bits per heavy atom. The Labute approximate surface area is 155 Å². The third-order valence-corrected chi connectivity index (χ3v) is 6.40. The lowest BCUT2D eigenvalue weighted by Gasteiger charge is -2.43. The maximum Gasteiger partial charge on any atom is 0.205 e. The SMILES string of the molecule is O[C@H]1Nc2ccccc2N1C1CCN([C@@H]2CCCc3ccccc32)CC1. The number of likely N-dealkylation sites (tertiary alicyclic amines) is 1. The predicted octanol–water partition coefficient (Wildman–Crippen LogP) is 3.74. The molecule has 1 fully saturated rings. The summed E-state index contributed by atoms with van der Waals surface area (Å²) in [5.41, 5.74) is 5.27. The topological polar surface area (TPSA) is 38.7 Å². The standard InChI is InChI=1S/C22H27N3O/c26-22-23-19-9-3-4-10-21(19)25(22)17-12-14-24(15-13-17)20-11-5-7-16-6-1-2-8-18(16)20/h1-4,6,8-10,17,20,22-23,26H,5,7,11-15H2/t20-,22+/m1/s1. The van der Waals surface area contributed by atoms with Crippen molar-refractivity contribution in [2.45, 2.75) is 50.5 Å². The summed E-state index contributed by atoms with van der Waals surface area (Å²) in [6, 6.07) is 18.2. The lowest BCUT2D eigenvalue weighted by Crippen LogP contribution is -2.50. The minimum absolute atomic E-state index is 0.399. The lowest BCUT2D eigenvalue weighted by molar-refractivity contribution is 0.119. The molecule has 4 nitrogen and oxygen atoms in total. The molecule has 0 saturated carbocycles. The number of hydrogen-bond acceptors (Lipinski definition) is 4. The first-order valence-electron chi connectivity index (χ1n) is 9.95. The highest BCUT2D eigenvalue weighted by Crippen LogP contribution is 2.40. The van der Waals surface area contributed by atoms with Gasteiger partial charge in [-0.05, 0) is 55.4 Å². The molecule has 2 aromatic rings. The Bertz CT molecular complexity index is 784. The van der Waals surface area contributed by atoms with Gasteiger partial charge in [-0.2, -0.15) is 0 Å². The highest BCUT2D eigenvalue weighted by molar-refractivity contribution is 5.75. The van der Waals surface area contributed by atoms with Crippen molar-refractivity contribution in [1.29, 1.82) is 0 Å². The fourth-order valence-electron chi connectivity index (χ4n) is 5.14. The molecule has 2 aromatic carbocycles. The zero-order valence-corrected chi connectivity index (χ0v) is 15.1. The molecule has 5 rings (SSSR count). The van der Waals surface area contributed by atoms with Gasteiger partial charge in [-0.25, -0.2) is 0 Å². The molecule has 1 saturated heterocycles. The van der Waals surface area contributed by atoms with Gasteiger partial charge in [0.15, 0.2) is 0 Å². The zero-order chi connectivity index (χ0) is 17.5. The Morgan fingerprint density at radius 3 is 2.58 bits per heavy atom. The van der Waals surface area contributed by atoms with Crippen LogP contribution in [0.4, 0.5) is 11.4 Å². The maximum absolute atomic E-state index is 10.5. The summed E-state index contributed by atoms with van der Waals surface area (Å²) in [4.78, 5) is 4.86. The number of para-hydroxylation sites is 2. The van der Waals surface area contributed by atoms with E-state index in [4.69, 9.17) is 0 Å². The molecule has 26 heavy (non-hydrogen) atoms. The number of nitrogens with zero attached hydrogens (tertiary/aromatic N) is 2. The summed E-state index contributed by atoms with van der Waals surface area (Å²) in [5.74, 6) is 0. The number of anilines is 2. The first-order chi connectivity index (χ1) is 12.8. The normalized spacial score (nSPS) is 26.3. The summed E-state index contributed by atoms with van der Waals surface area (Å²) < 4.78 is 0. The van der Waals surface area contributed by atoms with E-state index >= 15 is 0 Å². The molecule has 2 atom stereocenters. The van der Waals surface area contributed by atoms with Crippen LogP contribution in [0.5, 0.6) is 0 Å². The highest BCUT2D eigenvalue weighted by atomic mass is 16.3. The molecule has 3 aliphatic rings. The van der Waals surface area contributed by atoms with E-state index in [1.165, 1.54) is 19.3 Å². The van der Waals surface area contributed by atoms with E-state index in [1.807, 2.05) is 12.1 Å². The molecule has 2 heterocycles. The fourth-order valence-corrected chi connectivity index (χ4v) is 5.14. The third kappa shape index (κ3) is 2.68. The minimum Gasteiger partial charge on any atom is -0.356 e. The van der Waals surface area contributed by atoms with Crippen molar-refractivity contribution in [3.63, 3.8) is 0 Å². The van der Waals surface area contributed by atoms with Crippen LogP contribution in [0.3, 0.4) is 0 Å². The van der Waals surface area contributed by atoms with Crippen LogP contribution in [0.1, 0.15) is 42.9 Å². The number of benzene rings is 2. The van der Waals surface area contributed by atoms with E-state index in [0.717, 1.165) is 37.3 Å². The molecule has 0 spiro atoms. The monoisotopic (exact) mass is 349 g/mol. The van der Waals surface area contributed by atoms with E-state index in [1.54, 1.807) is 11.1 Å². The van der Waals surface area contributed by atoms with Crippen molar-refractivity contribution in [2.24, 2.45) is 0 Å². The van der Waals surface area contributed by atoms with Gasteiger partial charge in [-0.3, -0.25) is 4.90 Å². The summed E-state index contributed by atoms with van der Waals surface area (Å²) in [6.07, 6.45) is 5.41. The molecule has 0 unspecified atom stereocenters. The Balaban J connectivity index is 1.30. The summed E-state index contributed by atoms with van der Waals surface area (Å²) in [5, 5.41) is 13.7. The van der Waals surface area contributed by atoms with Gasteiger partial charge in [-0.1, -0.05) is 36.4 Å². The minimum atomic E-state index is -0.598. The number of rotatable bonds is 2. The Hall–Kier alpha value is -2.04. The van der Waals surface area contributed by atoms with E-state index in [9.17, 15) is 5.11 Å².